The van der Waals surface area contributed by atoms with Crippen molar-refractivity contribution < 1.29 is 9.53 Å². The maximum atomic E-state index is 11.9. The zero-order valence-corrected chi connectivity index (χ0v) is 17.9. The first-order chi connectivity index (χ1) is 14.6. The van der Waals surface area contributed by atoms with Crippen LogP contribution in [0.4, 0.5) is 5.69 Å². The molecule has 2 aromatic heterocycles. The number of hydrogen-bond acceptors (Lipinski definition) is 6. The van der Waals surface area contributed by atoms with Crippen LogP contribution >= 0.6 is 11.3 Å². The highest BCUT2D eigenvalue weighted by Gasteiger charge is 2.27. The van der Waals surface area contributed by atoms with Crippen molar-refractivity contribution in [2.24, 2.45) is 4.99 Å². The summed E-state index contributed by atoms with van der Waals surface area (Å²) in [6.45, 7) is 5.41. The van der Waals surface area contributed by atoms with E-state index in [9.17, 15) is 4.79 Å². The minimum absolute atomic E-state index is 0.0423. The fourth-order valence-electron chi connectivity index (χ4n) is 4.13. The molecule has 0 aliphatic carbocycles. The molecule has 1 unspecified atom stereocenters. The molecule has 2 aliphatic rings. The van der Waals surface area contributed by atoms with E-state index in [2.05, 4.69) is 45.8 Å². The van der Waals surface area contributed by atoms with Gasteiger partial charge in [-0.2, -0.15) is 0 Å². The molecule has 4 heterocycles. The Balaban J connectivity index is 1.33. The molecule has 0 saturated carbocycles. The highest BCUT2D eigenvalue weighted by Crippen LogP contribution is 2.34. The van der Waals surface area contributed by atoms with Crippen LogP contribution in [-0.4, -0.2) is 41.2 Å². The van der Waals surface area contributed by atoms with E-state index in [0.717, 1.165) is 41.2 Å². The van der Waals surface area contributed by atoms with Crippen LogP contribution in [0.25, 0.3) is 10.1 Å². The van der Waals surface area contributed by atoms with Gasteiger partial charge in [0.25, 0.3) is 0 Å². The molecular formula is C23H24N4O2S. The molecule has 1 amide bonds. The van der Waals surface area contributed by atoms with Gasteiger partial charge < -0.3 is 15.0 Å². The van der Waals surface area contributed by atoms with Crippen LogP contribution < -0.4 is 10.1 Å². The zero-order chi connectivity index (χ0) is 20.7. The fourth-order valence-corrected chi connectivity index (χ4v) is 4.87. The number of carbonyl (C=O) groups excluding carboxylic acids is 1. The lowest BCUT2D eigenvalue weighted by atomic mass is 10.1. The summed E-state index contributed by atoms with van der Waals surface area (Å²) in [5, 5.41) is 6.80. The second-order valence-electron chi connectivity index (χ2n) is 7.82. The lowest BCUT2D eigenvalue weighted by molar-refractivity contribution is -0.130. The van der Waals surface area contributed by atoms with Crippen LogP contribution in [0.15, 0.2) is 40.8 Å². The van der Waals surface area contributed by atoms with Crippen molar-refractivity contribution in [3.8, 4) is 5.75 Å². The number of benzene rings is 1. The smallest absolute Gasteiger partial charge is 0.222 e. The van der Waals surface area contributed by atoms with Crippen LogP contribution in [0.2, 0.25) is 0 Å². The number of aliphatic imine (C=N–C) groups is 1. The number of amides is 1. The largest absolute Gasteiger partial charge is 0.488 e. The Morgan fingerprint density at radius 3 is 3.13 bits per heavy atom. The number of aromatic nitrogens is 1. The summed E-state index contributed by atoms with van der Waals surface area (Å²) in [5.41, 5.74) is 4.09. The molecule has 1 aromatic carbocycles. The van der Waals surface area contributed by atoms with Crippen molar-refractivity contribution >= 4 is 39.2 Å². The highest BCUT2D eigenvalue weighted by atomic mass is 32.1. The van der Waals surface area contributed by atoms with E-state index in [1.54, 1.807) is 11.3 Å². The lowest BCUT2D eigenvalue weighted by Crippen LogP contribution is -2.30. The number of ether oxygens (including phenoxy) is 1. The Kier molecular flexibility index (Phi) is 4.90. The Morgan fingerprint density at radius 1 is 1.37 bits per heavy atom. The Morgan fingerprint density at radius 2 is 2.27 bits per heavy atom. The standard InChI is InChI=1S/C23H24N4O2S/c1-3-21(28)27-6-4-17(13-27)29-18-8-14(2)22-16(9-18)11-25-23(26-22)19-10-15-5-7-30-20(15)12-24-19/h5,7-12,17,23,26H,3-4,6,13H2,1-2H3/t17?,23-/m1/s1. The van der Waals surface area contributed by atoms with E-state index in [1.807, 2.05) is 30.3 Å². The van der Waals surface area contributed by atoms with Crippen molar-refractivity contribution in [3.05, 3.63) is 52.7 Å². The number of carbonyl (C=O) groups is 1. The van der Waals surface area contributed by atoms with Crippen LogP contribution in [0.5, 0.6) is 5.75 Å². The summed E-state index contributed by atoms with van der Waals surface area (Å²) in [7, 11) is 0. The van der Waals surface area contributed by atoms with Gasteiger partial charge in [-0.1, -0.05) is 6.92 Å². The van der Waals surface area contributed by atoms with E-state index < -0.39 is 0 Å². The molecule has 3 aromatic rings. The second kappa shape index (κ2) is 7.72. The van der Waals surface area contributed by atoms with E-state index in [0.29, 0.717) is 13.0 Å². The third kappa shape index (κ3) is 3.54. The monoisotopic (exact) mass is 420 g/mol. The molecule has 2 atom stereocenters. The maximum Gasteiger partial charge on any atom is 0.222 e. The number of aryl methyl sites for hydroxylation is 1. The van der Waals surface area contributed by atoms with Crippen LogP contribution in [0.3, 0.4) is 0 Å². The molecule has 1 N–H and O–H groups in total. The first-order valence-electron chi connectivity index (χ1n) is 10.3. The van der Waals surface area contributed by atoms with Gasteiger partial charge in [-0.25, -0.2) is 0 Å². The summed E-state index contributed by atoms with van der Waals surface area (Å²) in [5.74, 6) is 1.02. The molecule has 30 heavy (non-hydrogen) atoms. The number of nitrogens with one attached hydrogen (secondary N) is 1. The van der Waals surface area contributed by atoms with Crippen molar-refractivity contribution in [2.45, 2.75) is 39.0 Å². The Labute approximate surface area is 179 Å². The number of hydrogen-bond donors (Lipinski definition) is 1. The molecule has 6 nitrogen and oxygen atoms in total. The third-order valence-corrected chi connectivity index (χ3v) is 6.59. The Hall–Kier alpha value is -2.93. The van der Waals surface area contributed by atoms with Crippen molar-refractivity contribution in [1.82, 2.24) is 9.88 Å². The van der Waals surface area contributed by atoms with Gasteiger partial charge >= 0.3 is 0 Å². The summed E-state index contributed by atoms with van der Waals surface area (Å²) in [6.07, 6.45) is 5.07. The molecule has 1 saturated heterocycles. The van der Waals surface area contributed by atoms with Gasteiger partial charge in [0.05, 0.1) is 16.9 Å². The molecule has 7 heteroatoms. The number of anilines is 1. The minimum atomic E-state index is -0.198. The average Bonchev–Trinajstić information content (AvgIpc) is 3.42. The molecule has 1 fully saturated rings. The van der Waals surface area contributed by atoms with Gasteiger partial charge in [-0.15, -0.1) is 11.3 Å². The Bertz CT molecular complexity index is 1140. The predicted octanol–water partition coefficient (Wildman–Crippen LogP) is 4.54. The topological polar surface area (TPSA) is 66.8 Å². The zero-order valence-electron chi connectivity index (χ0n) is 17.1. The molecule has 154 valence electrons. The van der Waals surface area contributed by atoms with E-state index in [-0.39, 0.29) is 18.2 Å². The number of likely N-dealkylation sites (tertiary alicyclic amines) is 1. The fraction of sp³-hybridized carbons (Fsp3) is 0.348. The maximum absolute atomic E-state index is 11.9. The lowest BCUT2D eigenvalue weighted by Gasteiger charge is -2.24. The molecular weight excluding hydrogens is 396 g/mol. The van der Waals surface area contributed by atoms with Crippen molar-refractivity contribution in [1.29, 1.82) is 0 Å². The number of fused-ring (bicyclic) bond motifs is 2. The SMILES string of the molecule is CCC(=O)N1CCC(Oc2cc(C)c3c(c2)C=N[C@@H](c2cc4ccsc4cn2)N3)C1. The number of pyridine rings is 1. The number of thiophene rings is 1. The summed E-state index contributed by atoms with van der Waals surface area (Å²) >= 11 is 1.69. The summed E-state index contributed by atoms with van der Waals surface area (Å²) in [6, 6.07) is 8.29. The van der Waals surface area contributed by atoms with Crippen molar-refractivity contribution in [3.63, 3.8) is 0 Å². The number of nitrogens with zero attached hydrogens (tertiary/aromatic N) is 3. The average molecular weight is 421 g/mol. The van der Waals surface area contributed by atoms with Crippen LogP contribution in [0.1, 0.15) is 42.8 Å². The molecule has 5 rings (SSSR count). The van der Waals surface area contributed by atoms with Crippen molar-refractivity contribution in [2.75, 3.05) is 18.4 Å². The highest BCUT2D eigenvalue weighted by molar-refractivity contribution is 7.17. The molecule has 2 aliphatic heterocycles. The quantitative estimate of drug-likeness (QED) is 0.673. The van der Waals surface area contributed by atoms with Crippen LogP contribution in [-0.2, 0) is 4.79 Å². The third-order valence-electron chi connectivity index (χ3n) is 5.73. The second-order valence-corrected chi connectivity index (χ2v) is 8.77. The van der Waals surface area contributed by atoms with Gasteiger partial charge in [-0.05, 0) is 47.5 Å². The predicted molar refractivity (Wildman–Crippen MR) is 121 cm³/mol. The minimum Gasteiger partial charge on any atom is -0.488 e. The van der Waals surface area contributed by atoms with Gasteiger partial charge in [0, 0.05) is 43.0 Å². The van der Waals surface area contributed by atoms with Gasteiger partial charge in [0.15, 0.2) is 6.17 Å². The van der Waals surface area contributed by atoms with E-state index >= 15 is 0 Å². The number of rotatable bonds is 4. The van der Waals surface area contributed by atoms with Gasteiger partial charge in [-0.3, -0.25) is 14.8 Å². The summed E-state index contributed by atoms with van der Waals surface area (Å²) < 4.78 is 7.39. The molecule has 0 radical (unpaired) electrons. The van der Waals surface area contributed by atoms with E-state index in [4.69, 9.17) is 4.74 Å². The van der Waals surface area contributed by atoms with Gasteiger partial charge in [0.1, 0.15) is 11.9 Å². The molecule has 0 spiro atoms. The van der Waals surface area contributed by atoms with Gasteiger partial charge in [0.2, 0.25) is 5.91 Å². The first kappa shape index (κ1) is 19.1. The van der Waals surface area contributed by atoms with E-state index in [1.165, 1.54) is 10.1 Å². The summed E-state index contributed by atoms with van der Waals surface area (Å²) in [4.78, 5) is 23.1. The normalized spacial score (nSPS) is 20.3. The van der Waals surface area contributed by atoms with Crippen LogP contribution in [0, 0.1) is 6.92 Å². The molecule has 0 bridgehead atoms. The first-order valence-corrected chi connectivity index (χ1v) is 11.2.